The zero-order valence-electron chi connectivity index (χ0n) is 16.5. The Kier molecular flexibility index (Phi) is 6.63. The molecule has 0 unspecified atom stereocenters. The van der Waals surface area contributed by atoms with E-state index in [0.717, 1.165) is 5.56 Å². The van der Waals surface area contributed by atoms with Crippen LogP contribution in [0.2, 0.25) is 5.02 Å². The van der Waals surface area contributed by atoms with Crippen LogP contribution in [0.15, 0.2) is 53.4 Å². The van der Waals surface area contributed by atoms with Crippen LogP contribution in [-0.2, 0) is 20.2 Å². The van der Waals surface area contributed by atoms with E-state index in [1.54, 1.807) is 0 Å². The van der Waals surface area contributed by atoms with Gasteiger partial charge in [-0.1, -0.05) is 55.8 Å². The van der Waals surface area contributed by atoms with Crippen molar-refractivity contribution in [1.82, 2.24) is 9.62 Å². The lowest BCUT2D eigenvalue weighted by Crippen LogP contribution is -2.40. The molecule has 1 aliphatic heterocycles. The lowest BCUT2D eigenvalue weighted by molar-refractivity contribution is 0.0730. The molecule has 8 heteroatoms. The summed E-state index contributed by atoms with van der Waals surface area (Å²) in [5, 5.41) is 3.09. The van der Waals surface area contributed by atoms with Gasteiger partial charge in [0.25, 0.3) is 5.91 Å². The maximum Gasteiger partial charge on any atom is 0.252 e. The molecule has 1 fully saturated rings. The summed E-state index contributed by atoms with van der Waals surface area (Å²) in [7, 11) is -3.71. The van der Waals surface area contributed by atoms with Gasteiger partial charge in [0.05, 0.1) is 28.7 Å². The van der Waals surface area contributed by atoms with Crippen molar-refractivity contribution in [2.75, 3.05) is 32.8 Å². The van der Waals surface area contributed by atoms with Gasteiger partial charge in [-0.25, -0.2) is 8.42 Å². The molecule has 1 N–H and O–H groups in total. The first kappa shape index (κ1) is 21.8. The Morgan fingerprint density at radius 2 is 1.79 bits per heavy atom. The highest BCUT2D eigenvalue weighted by atomic mass is 35.5. The third-order valence-electron chi connectivity index (χ3n) is 5.04. The molecule has 29 heavy (non-hydrogen) atoms. The summed E-state index contributed by atoms with van der Waals surface area (Å²) in [6.07, 6.45) is 0. The fourth-order valence-corrected chi connectivity index (χ4v) is 4.80. The van der Waals surface area contributed by atoms with E-state index in [1.165, 1.54) is 22.5 Å². The van der Waals surface area contributed by atoms with E-state index in [9.17, 15) is 13.2 Å². The van der Waals surface area contributed by atoms with Crippen molar-refractivity contribution in [3.8, 4) is 0 Å². The third kappa shape index (κ3) is 4.98. The number of morpholine rings is 1. The highest BCUT2D eigenvalue weighted by molar-refractivity contribution is 7.89. The fraction of sp³-hybridized carbons (Fsp3) is 0.381. The number of ether oxygens (including phenoxy) is 1. The Balaban J connectivity index is 1.78. The van der Waals surface area contributed by atoms with Gasteiger partial charge in [0.2, 0.25) is 10.0 Å². The predicted molar refractivity (Wildman–Crippen MR) is 113 cm³/mol. The Labute approximate surface area is 176 Å². The van der Waals surface area contributed by atoms with Gasteiger partial charge in [-0.15, -0.1) is 0 Å². The van der Waals surface area contributed by atoms with Crippen LogP contribution in [0.5, 0.6) is 0 Å². The first-order chi connectivity index (χ1) is 13.7. The summed E-state index contributed by atoms with van der Waals surface area (Å²) in [5.41, 5.74) is 0.945. The standard InChI is InChI=1S/C21H25ClN2O4S/c1-21(2,16-6-4-3-5-7-16)15-23-20(25)18-14-17(8-9-19(18)22)29(26,27)24-10-12-28-13-11-24/h3-9,14H,10-13,15H2,1-2H3,(H,23,25). The zero-order valence-corrected chi connectivity index (χ0v) is 18.1. The Morgan fingerprint density at radius 3 is 2.45 bits per heavy atom. The number of hydrogen-bond donors (Lipinski definition) is 1. The van der Waals surface area contributed by atoms with Crippen molar-refractivity contribution in [3.63, 3.8) is 0 Å². The summed E-state index contributed by atoms with van der Waals surface area (Å²) in [6.45, 7) is 5.73. The molecule has 0 radical (unpaired) electrons. The van der Waals surface area contributed by atoms with Crippen LogP contribution >= 0.6 is 11.6 Å². The van der Waals surface area contributed by atoms with Crippen molar-refractivity contribution in [3.05, 3.63) is 64.7 Å². The summed E-state index contributed by atoms with van der Waals surface area (Å²) in [6, 6.07) is 14.1. The van der Waals surface area contributed by atoms with E-state index < -0.39 is 15.9 Å². The fourth-order valence-electron chi connectivity index (χ4n) is 3.16. The average Bonchev–Trinajstić information content (AvgIpc) is 2.73. The number of rotatable bonds is 6. The van der Waals surface area contributed by atoms with Crippen LogP contribution < -0.4 is 5.32 Å². The molecule has 156 valence electrons. The molecule has 6 nitrogen and oxygen atoms in total. The van der Waals surface area contributed by atoms with Crippen LogP contribution in [0.25, 0.3) is 0 Å². The highest BCUT2D eigenvalue weighted by Crippen LogP contribution is 2.25. The van der Waals surface area contributed by atoms with Gasteiger partial charge >= 0.3 is 0 Å². The second kappa shape index (κ2) is 8.83. The topological polar surface area (TPSA) is 75.7 Å². The van der Waals surface area contributed by atoms with Gasteiger partial charge in [0, 0.05) is 25.0 Å². The van der Waals surface area contributed by atoms with Crippen LogP contribution in [0.1, 0.15) is 29.8 Å². The number of benzene rings is 2. The van der Waals surface area contributed by atoms with Crippen LogP contribution in [0.3, 0.4) is 0 Å². The SMILES string of the molecule is CC(C)(CNC(=O)c1cc(S(=O)(=O)N2CCOCC2)ccc1Cl)c1ccccc1. The minimum atomic E-state index is -3.71. The van der Waals surface area contributed by atoms with E-state index >= 15 is 0 Å². The summed E-state index contributed by atoms with van der Waals surface area (Å²) in [4.78, 5) is 12.8. The molecule has 1 heterocycles. The molecule has 2 aromatic rings. The van der Waals surface area contributed by atoms with Crippen molar-refractivity contribution < 1.29 is 17.9 Å². The largest absolute Gasteiger partial charge is 0.379 e. The molecule has 1 saturated heterocycles. The van der Waals surface area contributed by atoms with Crippen molar-refractivity contribution in [2.45, 2.75) is 24.2 Å². The van der Waals surface area contributed by atoms with E-state index in [-0.39, 0.29) is 34.0 Å². The van der Waals surface area contributed by atoms with E-state index in [2.05, 4.69) is 5.32 Å². The Hall–Kier alpha value is -1.93. The molecule has 3 rings (SSSR count). The van der Waals surface area contributed by atoms with E-state index in [1.807, 2.05) is 44.2 Å². The zero-order chi connectivity index (χ0) is 21.1. The number of halogens is 1. The number of nitrogens with zero attached hydrogens (tertiary/aromatic N) is 1. The normalized spacial score (nSPS) is 15.8. The molecule has 1 amide bonds. The molecular weight excluding hydrogens is 412 g/mol. The van der Waals surface area contributed by atoms with Crippen LogP contribution in [0.4, 0.5) is 0 Å². The maximum atomic E-state index is 12.9. The van der Waals surface area contributed by atoms with Crippen molar-refractivity contribution in [2.24, 2.45) is 0 Å². The Bertz CT molecular complexity index is 971. The second-order valence-corrected chi connectivity index (χ2v) is 9.94. The highest BCUT2D eigenvalue weighted by Gasteiger charge is 2.28. The van der Waals surface area contributed by atoms with Gasteiger partial charge in [-0.2, -0.15) is 4.31 Å². The number of amides is 1. The van der Waals surface area contributed by atoms with Crippen LogP contribution in [-0.4, -0.2) is 51.5 Å². The predicted octanol–water partition coefficient (Wildman–Crippen LogP) is 3.07. The number of carbonyl (C=O) groups is 1. The molecule has 0 saturated carbocycles. The summed E-state index contributed by atoms with van der Waals surface area (Å²) in [5.74, 6) is -0.405. The Morgan fingerprint density at radius 1 is 1.14 bits per heavy atom. The molecule has 0 atom stereocenters. The second-order valence-electron chi connectivity index (χ2n) is 7.59. The summed E-state index contributed by atoms with van der Waals surface area (Å²) >= 11 is 6.20. The smallest absolute Gasteiger partial charge is 0.252 e. The molecule has 0 spiro atoms. The van der Waals surface area contributed by atoms with Crippen molar-refractivity contribution in [1.29, 1.82) is 0 Å². The lowest BCUT2D eigenvalue weighted by atomic mass is 9.84. The number of sulfonamides is 1. The van der Waals surface area contributed by atoms with Crippen LogP contribution in [0, 0.1) is 0 Å². The molecule has 0 aliphatic carbocycles. The molecular formula is C21H25ClN2O4S. The average molecular weight is 437 g/mol. The minimum Gasteiger partial charge on any atom is -0.379 e. The van der Waals surface area contributed by atoms with Gasteiger partial charge in [0.15, 0.2) is 0 Å². The van der Waals surface area contributed by atoms with E-state index in [4.69, 9.17) is 16.3 Å². The van der Waals surface area contributed by atoms with Gasteiger partial charge in [-0.3, -0.25) is 4.79 Å². The molecule has 1 aliphatic rings. The van der Waals surface area contributed by atoms with Gasteiger partial charge < -0.3 is 10.1 Å². The summed E-state index contributed by atoms with van der Waals surface area (Å²) < 4.78 is 32.3. The van der Waals surface area contributed by atoms with Gasteiger partial charge in [-0.05, 0) is 23.8 Å². The number of nitrogens with one attached hydrogen (secondary N) is 1. The molecule has 0 bridgehead atoms. The third-order valence-corrected chi connectivity index (χ3v) is 7.26. The maximum absolute atomic E-state index is 12.9. The molecule has 0 aromatic heterocycles. The lowest BCUT2D eigenvalue weighted by Gasteiger charge is -2.27. The first-order valence-electron chi connectivity index (χ1n) is 9.43. The number of hydrogen-bond acceptors (Lipinski definition) is 4. The monoisotopic (exact) mass is 436 g/mol. The number of carbonyl (C=O) groups excluding carboxylic acids is 1. The van der Waals surface area contributed by atoms with Crippen molar-refractivity contribution >= 4 is 27.5 Å². The first-order valence-corrected chi connectivity index (χ1v) is 11.2. The van der Waals surface area contributed by atoms with E-state index in [0.29, 0.717) is 19.8 Å². The minimum absolute atomic E-state index is 0.0521. The quantitative estimate of drug-likeness (QED) is 0.755. The molecule has 2 aromatic carbocycles. The van der Waals surface area contributed by atoms with Gasteiger partial charge in [0.1, 0.15) is 0 Å².